The molecule has 31 heavy (non-hydrogen) atoms. The van der Waals surface area contributed by atoms with Gasteiger partial charge < -0.3 is 5.21 Å². The van der Waals surface area contributed by atoms with Gasteiger partial charge in [0.05, 0.1) is 0 Å². The third kappa shape index (κ3) is 2.93. The van der Waals surface area contributed by atoms with Gasteiger partial charge in [0.1, 0.15) is 17.3 Å². The molecule has 0 unspecified atom stereocenters. The van der Waals surface area contributed by atoms with Gasteiger partial charge in [-0.15, -0.1) is 0 Å². The molecule has 5 heteroatoms. The van der Waals surface area contributed by atoms with Crippen molar-refractivity contribution in [3.63, 3.8) is 0 Å². The van der Waals surface area contributed by atoms with Crippen LogP contribution in [0, 0.1) is 16.8 Å². The third-order valence-electron chi connectivity index (χ3n) is 6.08. The lowest BCUT2D eigenvalue weighted by molar-refractivity contribution is -0.435. The van der Waals surface area contributed by atoms with Crippen LogP contribution in [0.2, 0.25) is 0 Å². The fourth-order valence-electron chi connectivity index (χ4n) is 4.68. The van der Waals surface area contributed by atoms with Gasteiger partial charge in [0.25, 0.3) is 0 Å². The van der Waals surface area contributed by atoms with Gasteiger partial charge >= 0.3 is 0 Å². The maximum atomic E-state index is 13.5. The number of benzene rings is 4. The van der Waals surface area contributed by atoms with Gasteiger partial charge in [-0.25, -0.2) is 8.78 Å². The highest BCUT2D eigenvalue weighted by atomic mass is 19.1. The average molecular weight is 410 g/mol. The summed E-state index contributed by atoms with van der Waals surface area (Å²) >= 11 is 0. The lowest BCUT2D eigenvalue weighted by Gasteiger charge is -2.05. The number of hydrogen-bond acceptors (Lipinski definition) is 2. The highest BCUT2D eigenvalue weighted by molar-refractivity contribution is 5.79. The highest BCUT2D eigenvalue weighted by Crippen LogP contribution is 2.40. The topological polar surface area (TPSA) is 38.4 Å². The maximum absolute atomic E-state index is 13.5. The van der Waals surface area contributed by atoms with Crippen molar-refractivity contribution in [3.8, 4) is 22.3 Å². The standard InChI is InChI=1S/C26H16F2N2O/c27-19-1-5-23-15(11-19)9-17-13-21(3-7-25(17)23)29-30(31)22-4-8-26-18(14-22)10-16-12-20(28)2-6-24(16)26/h1-8,11-14H,9-10H2. The van der Waals surface area contributed by atoms with E-state index >= 15 is 0 Å². The van der Waals surface area contributed by atoms with Gasteiger partial charge in [0.2, 0.25) is 5.69 Å². The third-order valence-corrected chi connectivity index (χ3v) is 6.08. The van der Waals surface area contributed by atoms with Crippen LogP contribution >= 0.6 is 0 Å². The summed E-state index contributed by atoms with van der Waals surface area (Å²) in [4.78, 5) is 0.618. The molecule has 6 rings (SSSR count). The Morgan fingerprint density at radius 1 is 0.613 bits per heavy atom. The molecule has 0 radical (unpaired) electrons. The summed E-state index contributed by atoms with van der Waals surface area (Å²) < 4.78 is 27.1. The van der Waals surface area contributed by atoms with Crippen molar-refractivity contribution in [1.29, 1.82) is 0 Å². The summed E-state index contributed by atoms with van der Waals surface area (Å²) in [7, 11) is 0. The summed E-state index contributed by atoms with van der Waals surface area (Å²) in [6, 6.07) is 20.6. The highest BCUT2D eigenvalue weighted by Gasteiger charge is 2.22. The summed E-state index contributed by atoms with van der Waals surface area (Å²) in [6.07, 6.45) is 1.22. The number of rotatable bonds is 2. The average Bonchev–Trinajstić information content (AvgIpc) is 3.29. The monoisotopic (exact) mass is 410 g/mol. The zero-order valence-corrected chi connectivity index (χ0v) is 16.4. The molecule has 0 heterocycles. The minimum atomic E-state index is -0.256. The zero-order valence-electron chi connectivity index (χ0n) is 16.4. The first-order valence-electron chi connectivity index (χ1n) is 10.1. The fourth-order valence-corrected chi connectivity index (χ4v) is 4.68. The Hall–Kier alpha value is -3.86. The van der Waals surface area contributed by atoms with Crippen LogP contribution in [-0.4, -0.2) is 4.86 Å². The van der Waals surface area contributed by atoms with Crippen LogP contribution in [0.25, 0.3) is 22.3 Å². The number of halogens is 2. The second-order valence-corrected chi connectivity index (χ2v) is 8.01. The number of azo groups is 1. The lowest BCUT2D eigenvalue weighted by Crippen LogP contribution is -1.92. The molecule has 2 aliphatic carbocycles. The van der Waals surface area contributed by atoms with E-state index in [1.807, 2.05) is 24.3 Å². The molecule has 0 fully saturated rings. The molecule has 0 atom stereocenters. The summed E-state index contributed by atoms with van der Waals surface area (Å²) in [6.45, 7) is 0. The van der Waals surface area contributed by atoms with Crippen LogP contribution < -0.4 is 0 Å². The molecule has 4 aromatic rings. The summed E-state index contributed by atoms with van der Waals surface area (Å²) in [5.74, 6) is -0.502. The zero-order chi connectivity index (χ0) is 21.1. The van der Waals surface area contributed by atoms with E-state index < -0.39 is 0 Å². The predicted octanol–water partition coefficient (Wildman–Crippen LogP) is 7.03. The molecule has 0 saturated heterocycles. The minimum absolute atomic E-state index is 0.247. The van der Waals surface area contributed by atoms with Gasteiger partial charge in [-0.2, -0.15) is 0 Å². The molecule has 0 aliphatic heterocycles. The molecule has 0 N–H and O–H groups in total. The molecular formula is C26H16F2N2O. The molecule has 4 aromatic carbocycles. The van der Waals surface area contributed by atoms with Crippen LogP contribution in [0.3, 0.4) is 0 Å². The largest absolute Gasteiger partial charge is 0.594 e. The van der Waals surface area contributed by atoms with Gasteiger partial charge in [0.15, 0.2) is 0 Å². The van der Waals surface area contributed by atoms with E-state index in [9.17, 15) is 14.0 Å². The minimum Gasteiger partial charge on any atom is -0.594 e. The summed E-state index contributed by atoms with van der Waals surface area (Å²) in [5, 5.41) is 17.0. The van der Waals surface area contributed by atoms with Crippen molar-refractivity contribution < 1.29 is 13.6 Å². The second kappa shape index (κ2) is 6.57. The van der Waals surface area contributed by atoms with E-state index in [-0.39, 0.29) is 11.6 Å². The van der Waals surface area contributed by atoms with E-state index in [4.69, 9.17) is 0 Å². The van der Waals surface area contributed by atoms with Crippen molar-refractivity contribution in [1.82, 2.24) is 0 Å². The van der Waals surface area contributed by atoms with E-state index in [1.54, 1.807) is 36.4 Å². The molecule has 0 aromatic heterocycles. The molecule has 0 amide bonds. The van der Waals surface area contributed by atoms with E-state index in [1.165, 1.54) is 12.1 Å². The smallest absolute Gasteiger partial charge is 0.245 e. The van der Waals surface area contributed by atoms with Crippen LogP contribution in [0.1, 0.15) is 22.3 Å². The number of hydrogen-bond donors (Lipinski definition) is 0. The molecule has 0 bridgehead atoms. The van der Waals surface area contributed by atoms with Gasteiger partial charge in [0, 0.05) is 17.2 Å². The first-order chi connectivity index (χ1) is 15.0. The molecule has 0 saturated carbocycles. The fraction of sp³-hybridized carbons (Fsp3) is 0.0769. The normalized spacial score (nSPS) is 13.5. The van der Waals surface area contributed by atoms with E-state index in [0.717, 1.165) is 44.5 Å². The quantitative estimate of drug-likeness (QED) is 0.171. The SMILES string of the molecule is [O-][N+](=Nc1ccc2c(c1)Cc1cc(F)ccc1-2)c1ccc2c(c1)Cc1cc(F)ccc1-2. The molecule has 2 aliphatic rings. The van der Waals surface area contributed by atoms with Crippen molar-refractivity contribution in [3.05, 3.63) is 112 Å². The van der Waals surface area contributed by atoms with Crippen molar-refractivity contribution >= 4 is 11.4 Å². The van der Waals surface area contributed by atoms with Gasteiger partial charge in [-0.1, -0.05) is 23.1 Å². The van der Waals surface area contributed by atoms with Crippen molar-refractivity contribution in [2.45, 2.75) is 12.8 Å². The Kier molecular flexibility index (Phi) is 3.81. The first-order valence-corrected chi connectivity index (χ1v) is 10.1. The molecule has 3 nitrogen and oxygen atoms in total. The number of nitrogens with zero attached hydrogens (tertiary/aromatic N) is 2. The molecule has 0 spiro atoms. The van der Waals surface area contributed by atoms with Crippen molar-refractivity contribution in [2.75, 3.05) is 0 Å². The Balaban J connectivity index is 1.31. The van der Waals surface area contributed by atoms with Gasteiger partial charge in [-0.3, -0.25) is 0 Å². The van der Waals surface area contributed by atoms with E-state index in [2.05, 4.69) is 5.11 Å². The van der Waals surface area contributed by atoms with Crippen LogP contribution in [-0.2, 0) is 12.8 Å². The Morgan fingerprint density at radius 2 is 1.10 bits per heavy atom. The summed E-state index contributed by atoms with van der Waals surface area (Å²) in [5.41, 5.74) is 8.97. The molecule has 150 valence electrons. The van der Waals surface area contributed by atoms with Crippen molar-refractivity contribution in [2.24, 2.45) is 5.11 Å². The van der Waals surface area contributed by atoms with Gasteiger partial charge in [-0.05, 0) is 99.8 Å². The van der Waals surface area contributed by atoms with Crippen LogP contribution in [0.15, 0.2) is 77.9 Å². The maximum Gasteiger partial charge on any atom is 0.245 e. The Morgan fingerprint density at radius 3 is 1.71 bits per heavy atom. The second-order valence-electron chi connectivity index (χ2n) is 8.01. The van der Waals surface area contributed by atoms with Crippen LogP contribution in [0.4, 0.5) is 20.2 Å². The predicted molar refractivity (Wildman–Crippen MR) is 115 cm³/mol. The lowest BCUT2D eigenvalue weighted by atomic mass is 10.1. The van der Waals surface area contributed by atoms with Crippen LogP contribution in [0.5, 0.6) is 0 Å². The van der Waals surface area contributed by atoms with E-state index in [0.29, 0.717) is 29.1 Å². The first kappa shape index (κ1) is 18.0. The number of fused-ring (bicyclic) bond motifs is 6. The molecular weight excluding hydrogens is 394 g/mol. The Bertz CT molecular complexity index is 1430. The Labute approximate surface area is 177 Å².